The van der Waals surface area contributed by atoms with Crippen LogP contribution in [0.25, 0.3) is 0 Å². The molecule has 2 N–H and O–H groups in total. The number of hydrogen-bond acceptors (Lipinski definition) is 2. The van der Waals surface area contributed by atoms with Crippen molar-refractivity contribution in [2.45, 2.75) is 39.5 Å². The number of aliphatic carboxylic acids is 1. The zero-order chi connectivity index (χ0) is 14.0. The van der Waals surface area contributed by atoms with Gasteiger partial charge in [0.2, 0.25) is 0 Å². The van der Waals surface area contributed by atoms with Crippen LogP contribution in [-0.4, -0.2) is 41.6 Å². The highest BCUT2D eigenvalue weighted by molar-refractivity contribution is 5.76. The minimum atomic E-state index is -0.796. The maximum atomic E-state index is 12.0. The van der Waals surface area contributed by atoms with E-state index in [1.807, 2.05) is 6.92 Å². The van der Waals surface area contributed by atoms with Crippen LogP contribution in [0.3, 0.4) is 0 Å². The molecule has 2 amide bonds. The second-order valence-electron chi connectivity index (χ2n) is 6.57. The van der Waals surface area contributed by atoms with E-state index in [0.29, 0.717) is 31.5 Å². The summed E-state index contributed by atoms with van der Waals surface area (Å²) >= 11 is 0. The zero-order valence-corrected chi connectivity index (χ0v) is 11.8. The Kier molecular flexibility index (Phi) is 4.02. The molecule has 2 aliphatic rings. The van der Waals surface area contributed by atoms with Gasteiger partial charge in [0.15, 0.2) is 0 Å². The molecule has 1 aliphatic carbocycles. The first-order valence-electron chi connectivity index (χ1n) is 7.15. The molecule has 0 bridgehead atoms. The Morgan fingerprint density at radius 3 is 2.63 bits per heavy atom. The Balaban J connectivity index is 1.78. The van der Waals surface area contributed by atoms with Gasteiger partial charge in [-0.3, -0.25) is 4.79 Å². The summed E-state index contributed by atoms with van der Waals surface area (Å²) in [5.41, 5.74) is 0.437. The number of amides is 2. The van der Waals surface area contributed by atoms with E-state index in [9.17, 15) is 9.59 Å². The van der Waals surface area contributed by atoms with E-state index in [-0.39, 0.29) is 11.9 Å². The molecule has 1 heterocycles. The van der Waals surface area contributed by atoms with Crippen LogP contribution in [0.15, 0.2) is 0 Å². The van der Waals surface area contributed by atoms with Crippen LogP contribution in [0.1, 0.15) is 39.5 Å². The van der Waals surface area contributed by atoms with Crippen LogP contribution in [0.5, 0.6) is 0 Å². The number of carboxylic acid groups (broad SMARTS) is 1. The molecule has 0 aromatic rings. The number of nitrogens with zero attached hydrogens (tertiary/aromatic N) is 1. The number of carbonyl (C=O) groups is 2. The molecule has 5 heteroatoms. The normalized spacial score (nSPS) is 28.8. The Bertz CT molecular complexity index is 366. The fraction of sp³-hybridized carbons (Fsp3) is 0.857. The van der Waals surface area contributed by atoms with Crippen LogP contribution in [0.2, 0.25) is 0 Å². The molecule has 2 rings (SSSR count). The van der Waals surface area contributed by atoms with Gasteiger partial charge in [0.25, 0.3) is 0 Å². The maximum absolute atomic E-state index is 12.0. The summed E-state index contributed by atoms with van der Waals surface area (Å²) in [5.74, 6) is -0.966. The SMILES string of the molecule is CC1CC(C(=O)O)CN(C(=O)NCCC2(C)CC2)C1. The third-order valence-corrected chi connectivity index (χ3v) is 4.40. The smallest absolute Gasteiger partial charge is 0.317 e. The second kappa shape index (κ2) is 5.39. The molecule has 19 heavy (non-hydrogen) atoms. The number of hydrogen-bond donors (Lipinski definition) is 2. The first kappa shape index (κ1) is 14.2. The van der Waals surface area contributed by atoms with Crippen molar-refractivity contribution in [3.63, 3.8) is 0 Å². The van der Waals surface area contributed by atoms with Gasteiger partial charge in [-0.25, -0.2) is 4.79 Å². The van der Waals surface area contributed by atoms with Crippen LogP contribution in [-0.2, 0) is 4.79 Å². The summed E-state index contributed by atoms with van der Waals surface area (Å²) in [7, 11) is 0. The average Bonchev–Trinajstić information content (AvgIpc) is 3.06. The number of nitrogens with one attached hydrogen (secondary N) is 1. The van der Waals surface area contributed by atoms with E-state index in [0.717, 1.165) is 6.42 Å². The van der Waals surface area contributed by atoms with Crippen molar-refractivity contribution in [2.24, 2.45) is 17.3 Å². The fourth-order valence-corrected chi connectivity index (χ4v) is 2.74. The quantitative estimate of drug-likeness (QED) is 0.818. The number of carbonyl (C=O) groups excluding carboxylic acids is 1. The van der Waals surface area contributed by atoms with Gasteiger partial charge in [-0.15, -0.1) is 0 Å². The summed E-state index contributed by atoms with van der Waals surface area (Å²) in [4.78, 5) is 24.8. The first-order valence-corrected chi connectivity index (χ1v) is 7.15. The Morgan fingerprint density at radius 2 is 2.05 bits per heavy atom. The minimum Gasteiger partial charge on any atom is -0.481 e. The average molecular weight is 268 g/mol. The van der Waals surface area contributed by atoms with Gasteiger partial charge in [-0.1, -0.05) is 13.8 Å². The van der Waals surface area contributed by atoms with Crippen molar-refractivity contribution in [1.29, 1.82) is 0 Å². The molecular weight excluding hydrogens is 244 g/mol. The van der Waals surface area contributed by atoms with Gasteiger partial charge in [-0.05, 0) is 37.0 Å². The van der Waals surface area contributed by atoms with Gasteiger partial charge >= 0.3 is 12.0 Å². The third-order valence-electron chi connectivity index (χ3n) is 4.40. The highest BCUT2D eigenvalue weighted by atomic mass is 16.4. The first-order chi connectivity index (χ1) is 8.89. The van der Waals surface area contributed by atoms with Crippen molar-refractivity contribution < 1.29 is 14.7 Å². The standard InChI is InChI=1S/C14H24N2O3/c1-10-7-11(12(17)18)9-16(8-10)13(19)15-6-5-14(2)3-4-14/h10-11H,3-9H2,1-2H3,(H,15,19)(H,17,18). The van der Waals surface area contributed by atoms with Gasteiger partial charge in [0, 0.05) is 19.6 Å². The molecular formula is C14H24N2O3. The summed E-state index contributed by atoms with van der Waals surface area (Å²) < 4.78 is 0. The number of likely N-dealkylation sites (tertiary alicyclic amines) is 1. The van der Waals surface area contributed by atoms with E-state index in [4.69, 9.17) is 5.11 Å². The third kappa shape index (κ3) is 3.85. The number of piperidine rings is 1. The molecule has 0 aromatic heterocycles. The monoisotopic (exact) mass is 268 g/mol. The molecule has 0 spiro atoms. The number of urea groups is 1. The summed E-state index contributed by atoms with van der Waals surface area (Å²) in [6.07, 6.45) is 4.19. The molecule has 0 aromatic carbocycles. The van der Waals surface area contributed by atoms with E-state index in [1.165, 1.54) is 12.8 Å². The minimum absolute atomic E-state index is 0.109. The molecule has 5 nitrogen and oxygen atoms in total. The molecule has 2 fully saturated rings. The molecule has 1 saturated carbocycles. The Hall–Kier alpha value is -1.26. The lowest BCUT2D eigenvalue weighted by atomic mass is 9.91. The van der Waals surface area contributed by atoms with Gasteiger partial charge in [-0.2, -0.15) is 0 Å². The van der Waals surface area contributed by atoms with Crippen molar-refractivity contribution >= 4 is 12.0 Å². The summed E-state index contributed by atoms with van der Waals surface area (Å²) in [6.45, 7) is 5.93. The summed E-state index contributed by atoms with van der Waals surface area (Å²) in [5, 5.41) is 12.0. The largest absolute Gasteiger partial charge is 0.481 e. The Labute approximate surface area is 114 Å². The zero-order valence-electron chi connectivity index (χ0n) is 11.8. The molecule has 108 valence electrons. The molecule has 1 aliphatic heterocycles. The van der Waals surface area contributed by atoms with E-state index < -0.39 is 11.9 Å². The van der Waals surface area contributed by atoms with Crippen molar-refractivity contribution in [2.75, 3.05) is 19.6 Å². The lowest BCUT2D eigenvalue weighted by Crippen LogP contribution is -2.49. The molecule has 2 atom stereocenters. The predicted molar refractivity (Wildman–Crippen MR) is 71.8 cm³/mol. The highest BCUT2D eigenvalue weighted by Crippen LogP contribution is 2.47. The van der Waals surface area contributed by atoms with Crippen molar-refractivity contribution in [3.05, 3.63) is 0 Å². The maximum Gasteiger partial charge on any atom is 0.317 e. The van der Waals surface area contributed by atoms with E-state index in [1.54, 1.807) is 4.90 Å². The predicted octanol–water partition coefficient (Wildman–Crippen LogP) is 1.93. The second-order valence-corrected chi connectivity index (χ2v) is 6.57. The highest BCUT2D eigenvalue weighted by Gasteiger charge is 2.37. The molecule has 1 saturated heterocycles. The van der Waals surface area contributed by atoms with Crippen molar-refractivity contribution in [3.8, 4) is 0 Å². The molecule has 2 unspecified atom stereocenters. The lowest BCUT2D eigenvalue weighted by Gasteiger charge is -2.34. The fourth-order valence-electron chi connectivity index (χ4n) is 2.74. The van der Waals surface area contributed by atoms with Crippen LogP contribution in [0.4, 0.5) is 4.79 Å². The van der Waals surface area contributed by atoms with Gasteiger partial charge in [0.05, 0.1) is 5.92 Å². The lowest BCUT2D eigenvalue weighted by molar-refractivity contribution is -0.143. The Morgan fingerprint density at radius 1 is 1.37 bits per heavy atom. The van der Waals surface area contributed by atoms with Crippen LogP contribution < -0.4 is 5.32 Å². The van der Waals surface area contributed by atoms with Crippen molar-refractivity contribution in [1.82, 2.24) is 10.2 Å². The van der Waals surface area contributed by atoms with Crippen LogP contribution in [0, 0.1) is 17.3 Å². The number of carboxylic acids is 1. The van der Waals surface area contributed by atoms with Gasteiger partial charge in [0.1, 0.15) is 0 Å². The van der Waals surface area contributed by atoms with Crippen LogP contribution >= 0.6 is 0 Å². The van der Waals surface area contributed by atoms with E-state index in [2.05, 4.69) is 12.2 Å². The summed E-state index contributed by atoms with van der Waals surface area (Å²) in [6, 6.07) is -0.109. The topological polar surface area (TPSA) is 69.6 Å². The number of rotatable bonds is 4. The van der Waals surface area contributed by atoms with Gasteiger partial charge < -0.3 is 15.3 Å². The molecule has 0 radical (unpaired) electrons. The van der Waals surface area contributed by atoms with E-state index >= 15 is 0 Å².